The molecule has 1 aromatic heterocycles. The van der Waals surface area contributed by atoms with Crippen molar-refractivity contribution in [2.45, 2.75) is 31.1 Å². The summed E-state index contributed by atoms with van der Waals surface area (Å²) in [6.45, 7) is 6.12. The van der Waals surface area contributed by atoms with E-state index in [0.717, 1.165) is 22.9 Å². The van der Waals surface area contributed by atoms with E-state index in [1.807, 2.05) is 20.8 Å². The van der Waals surface area contributed by atoms with Crippen LogP contribution in [-0.2, 0) is 15.4 Å². The van der Waals surface area contributed by atoms with Gasteiger partial charge in [0.05, 0.1) is 21.6 Å². The molecule has 126 valence electrons. The predicted molar refractivity (Wildman–Crippen MR) is 92.0 cm³/mol. The second kappa shape index (κ2) is 5.59. The van der Waals surface area contributed by atoms with Crippen LogP contribution in [0.15, 0.2) is 47.4 Å². The minimum atomic E-state index is -3.85. The van der Waals surface area contributed by atoms with Crippen molar-refractivity contribution in [1.29, 1.82) is 0 Å². The van der Waals surface area contributed by atoms with Crippen molar-refractivity contribution < 1.29 is 12.8 Å². The van der Waals surface area contributed by atoms with Gasteiger partial charge in [0.2, 0.25) is 0 Å². The SMILES string of the molecule is CC(C)(C)c1nc2ccc(NS(=O)(=O)c3cccc(F)c3)cc2[nH]1. The van der Waals surface area contributed by atoms with Gasteiger partial charge in [0.25, 0.3) is 10.0 Å². The number of benzene rings is 2. The summed E-state index contributed by atoms with van der Waals surface area (Å²) in [5, 5.41) is 0. The Morgan fingerprint density at radius 2 is 1.88 bits per heavy atom. The molecule has 3 aromatic rings. The lowest BCUT2D eigenvalue weighted by molar-refractivity contribution is 0.554. The molecule has 0 amide bonds. The van der Waals surface area contributed by atoms with Gasteiger partial charge in [-0.3, -0.25) is 4.72 Å². The summed E-state index contributed by atoms with van der Waals surface area (Å²) in [6.07, 6.45) is 0. The quantitative estimate of drug-likeness (QED) is 0.757. The Kier molecular flexibility index (Phi) is 3.83. The summed E-state index contributed by atoms with van der Waals surface area (Å²) in [6, 6.07) is 9.93. The highest BCUT2D eigenvalue weighted by atomic mass is 32.2. The van der Waals surface area contributed by atoms with Gasteiger partial charge in [0.15, 0.2) is 0 Å². The van der Waals surface area contributed by atoms with Crippen LogP contribution in [0.1, 0.15) is 26.6 Å². The minimum Gasteiger partial charge on any atom is -0.341 e. The van der Waals surface area contributed by atoms with E-state index >= 15 is 0 Å². The molecule has 3 rings (SSSR count). The van der Waals surface area contributed by atoms with Crippen molar-refractivity contribution in [3.8, 4) is 0 Å². The first-order chi connectivity index (χ1) is 11.1. The Labute approximate surface area is 140 Å². The average Bonchev–Trinajstić information content (AvgIpc) is 2.90. The standard InChI is InChI=1S/C17H18FN3O2S/c1-17(2,3)16-19-14-8-7-12(10-15(14)20-16)21-24(22,23)13-6-4-5-11(18)9-13/h4-10,21H,1-3H3,(H,19,20). The summed E-state index contributed by atoms with van der Waals surface area (Å²) in [4.78, 5) is 7.59. The molecule has 24 heavy (non-hydrogen) atoms. The average molecular weight is 347 g/mol. The lowest BCUT2D eigenvalue weighted by Gasteiger charge is -2.13. The Morgan fingerprint density at radius 1 is 1.12 bits per heavy atom. The third-order valence-corrected chi connectivity index (χ3v) is 4.93. The molecule has 0 fully saturated rings. The number of nitrogens with one attached hydrogen (secondary N) is 2. The first-order valence-electron chi connectivity index (χ1n) is 7.44. The fourth-order valence-electron chi connectivity index (χ4n) is 2.28. The molecule has 0 bridgehead atoms. The second-order valence-electron chi connectivity index (χ2n) is 6.63. The van der Waals surface area contributed by atoms with Crippen molar-refractivity contribution in [1.82, 2.24) is 9.97 Å². The molecule has 0 spiro atoms. The van der Waals surface area contributed by atoms with Crippen LogP contribution in [0.2, 0.25) is 0 Å². The van der Waals surface area contributed by atoms with E-state index in [-0.39, 0.29) is 10.3 Å². The zero-order valence-electron chi connectivity index (χ0n) is 13.6. The van der Waals surface area contributed by atoms with Crippen LogP contribution in [0.3, 0.4) is 0 Å². The number of rotatable bonds is 3. The summed E-state index contributed by atoms with van der Waals surface area (Å²) in [5.74, 6) is 0.222. The maximum atomic E-state index is 13.3. The van der Waals surface area contributed by atoms with E-state index < -0.39 is 15.8 Å². The predicted octanol–water partition coefficient (Wildman–Crippen LogP) is 3.80. The Hall–Kier alpha value is -2.41. The molecule has 0 aliphatic heterocycles. The number of aromatic nitrogens is 2. The molecule has 0 atom stereocenters. The fourth-order valence-corrected chi connectivity index (χ4v) is 3.36. The van der Waals surface area contributed by atoms with E-state index in [1.165, 1.54) is 18.2 Å². The number of sulfonamides is 1. The van der Waals surface area contributed by atoms with Gasteiger partial charge in [-0.15, -0.1) is 0 Å². The van der Waals surface area contributed by atoms with Crippen molar-refractivity contribution in [2.24, 2.45) is 0 Å². The van der Waals surface area contributed by atoms with Gasteiger partial charge in [0, 0.05) is 5.41 Å². The van der Waals surface area contributed by atoms with Crippen molar-refractivity contribution in [3.05, 3.63) is 54.1 Å². The lowest BCUT2D eigenvalue weighted by atomic mass is 9.96. The summed E-state index contributed by atoms with van der Waals surface area (Å²) in [5.41, 5.74) is 1.74. The van der Waals surface area contributed by atoms with E-state index in [2.05, 4.69) is 14.7 Å². The van der Waals surface area contributed by atoms with Crippen LogP contribution in [0, 0.1) is 5.82 Å². The number of imidazole rings is 1. The van der Waals surface area contributed by atoms with Crippen LogP contribution >= 0.6 is 0 Å². The molecule has 1 heterocycles. The zero-order valence-corrected chi connectivity index (χ0v) is 14.4. The molecule has 2 aromatic carbocycles. The molecule has 0 saturated heterocycles. The molecule has 7 heteroatoms. The number of hydrogen-bond acceptors (Lipinski definition) is 3. The lowest BCUT2D eigenvalue weighted by Crippen LogP contribution is -2.13. The first kappa shape index (κ1) is 16.4. The van der Waals surface area contributed by atoms with Gasteiger partial charge in [-0.1, -0.05) is 26.8 Å². The number of fused-ring (bicyclic) bond motifs is 1. The topological polar surface area (TPSA) is 74.8 Å². The molecular weight excluding hydrogens is 329 g/mol. The summed E-state index contributed by atoms with van der Waals surface area (Å²) < 4.78 is 40.4. The van der Waals surface area contributed by atoms with Crippen LogP contribution in [0.5, 0.6) is 0 Å². The maximum Gasteiger partial charge on any atom is 0.261 e. The summed E-state index contributed by atoms with van der Waals surface area (Å²) in [7, 11) is -3.85. The molecule has 2 N–H and O–H groups in total. The minimum absolute atomic E-state index is 0.123. The fraction of sp³-hybridized carbons (Fsp3) is 0.235. The molecule has 0 aliphatic rings. The second-order valence-corrected chi connectivity index (χ2v) is 8.31. The Balaban J connectivity index is 1.95. The highest BCUT2D eigenvalue weighted by molar-refractivity contribution is 7.92. The van der Waals surface area contributed by atoms with Crippen molar-refractivity contribution in [3.63, 3.8) is 0 Å². The summed E-state index contributed by atoms with van der Waals surface area (Å²) >= 11 is 0. The molecule has 0 unspecified atom stereocenters. The highest BCUT2D eigenvalue weighted by Crippen LogP contribution is 2.25. The van der Waals surface area contributed by atoms with Gasteiger partial charge >= 0.3 is 0 Å². The third kappa shape index (κ3) is 3.26. The normalized spacial score (nSPS) is 12.5. The largest absolute Gasteiger partial charge is 0.341 e. The van der Waals surface area contributed by atoms with Crippen molar-refractivity contribution in [2.75, 3.05) is 4.72 Å². The van der Waals surface area contributed by atoms with E-state index in [0.29, 0.717) is 5.69 Å². The number of nitrogens with zero attached hydrogens (tertiary/aromatic N) is 1. The van der Waals surface area contributed by atoms with Gasteiger partial charge in [-0.2, -0.15) is 0 Å². The van der Waals surface area contributed by atoms with Crippen LogP contribution < -0.4 is 4.72 Å². The number of aromatic amines is 1. The first-order valence-corrected chi connectivity index (χ1v) is 8.92. The molecule has 0 aliphatic carbocycles. The van der Waals surface area contributed by atoms with Gasteiger partial charge in [-0.25, -0.2) is 17.8 Å². The van der Waals surface area contributed by atoms with E-state index in [1.54, 1.807) is 18.2 Å². The van der Waals surface area contributed by atoms with Crippen LogP contribution in [0.25, 0.3) is 11.0 Å². The van der Waals surface area contributed by atoms with Crippen LogP contribution in [0.4, 0.5) is 10.1 Å². The van der Waals surface area contributed by atoms with Gasteiger partial charge in [-0.05, 0) is 36.4 Å². The smallest absolute Gasteiger partial charge is 0.261 e. The number of hydrogen-bond donors (Lipinski definition) is 2. The van der Waals surface area contributed by atoms with Crippen molar-refractivity contribution >= 4 is 26.7 Å². The molecule has 0 saturated carbocycles. The number of H-pyrrole nitrogens is 1. The monoisotopic (exact) mass is 347 g/mol. The van der Waals surface area contributed by atoms with Crippen LogP contribution in [-0.4, -0.2) is 18.4 Å². The molecule has 5 nitrogen and oxygen atoms in total. The zero-order chi connectivity index (χ0) is 17.5. The number of anilines is 1. The van der Waals surface area contributed by atoms with E-state index in [9.17, 15) is 12.8 Å². The third-order valence-electron chi connectivity index (χ3n) is 3.55. The van der Waals surface area contributed by atoms with Gasteiger partial charge < -0.3 is 4.98 Å². The Bertz CT molecular complexity index is 1000. The molecular formula is C17H18FN3O2S. The van der Waals surface area contributed by atoms with E-state index in [4.69, 9.17) is 0 Å². The molecule has 0 radical (unpaired) electrons. The maximum absolute atomic E-state index is 13.3. The van der Waals surface area contributed by atoms with Gasteiger partial charge in [0.1, 0.15) is 11.6 Å². The number of halogens is 1. The highest BCUT2D eigenvalue weighted by Gasteiger charge is 2.19. The Morgan fingerprint density at radius 3 is 2.54 bits per heavy atom.